The van der Waals surface area contributed by atoms with Gasteiger partial charge in [0, 0.05) is 45.3 Å². The molecule has 0 aromatic heterocycles. The second kappa shape index (κ2) is 9.82. The van der Waals surface area contributed by atoms with Gasteiger partial charge < -0.3 is 10.1 Å². The van der Waals surface area contributed by atoms with Crippen LogP contribution in [0.4, 0.5) is 0 Å². The summed E-state index contributed by atoms with van der Waals surface area (Å²) in [6.07, 6.45) is 4.07. The van der Waals surface area contributed by atoms with Crippen LogP contribution in [-0.4, -0.2) is 75.2 Å². The van der Waals surface area contributed by atoms with E-state index in [1.54, 1.807) is 0 Å². The van der Waals surface area contributed by atoms with Crippen molar-refractivity contribution in [2.45, 2.75) is 37.8 Å². The highest BCUT2D eigenvalue weighted by Gasteiger charge is 2.31. The van der Waals surface area contributed by atoms with E-state index in [-0.39, 0.29) is 12.3 Å². The van der Waals surface area contributed by atoms with Crippen LogP contribution >= 0.6 is 0 Å². The fourth-order valence-electron chi connectivity index (χ4n) is 4.16. The first-order valence-corrected chi connectivity index (χ1v) is 11.9. The molecule has 8 heteroatoms. The van der Waals surface area contributed by atoms with Crippen molar-refractivity contribution in [2.75, 3.05) is 45.6 Å². The SMILES string of the molecule is CS(=O)(=O)N1CCCN(C2CCOCC2)CCNC(=O)CC1c1ccccc1. The van der Waals surface area contributed by atoms with E-state index in [2.05, 4.69) is 10.2 Å². The van der Waals surface area contributed by atoms with Crippen molar-refractivity contribution < 1.29 is 17.9 Å². The Kier molecular flexibility index (Phi) is 7.45. The van der Waals surface area contributed by atoms with Gasteiger partial charge in [0.05, 0.1) is 12.3 Å². The van der Waals surface area contributed by atoms with Crippen LogP contribution < -0.4 is 5.32 Å². The third kappa shape index (κ3) is 5.76. The molecule has 2 aliphatic heterocycles. The molecule has 0 saturated carbocycles. The van der Waals surface area contributed by atoms with Crippen LogP contribution in [0.3, 0.4) is 0 Å². The van der Waals surface area contributed by atoms with Crippen molar-refractivity contribution in [1.29, 1.82) is 0 Å². The van der Waals surface area contributed by atoms with Gasteiger partial charge in [-0.2, -0.15) is 4.31 Å². The summed E-state index contributed by atoms with van der Waals surface area (Å²) in [6, 6.07) is 9.39. The maximum atomic E-state index is 12.6. The van der Waals surface area contributed by atoms with E-state index in [1.807, 2.05) is 30.3 Å². The van der Waals surface area contributed by atoms with Crippen LogP contribution in [0.15, 0.2) is 30.3 Å². The molecule has 7 nitrogen and oxygen atoms in total. The Bertz CT molecular complexity index is 735. The lowest BCUT2D eigenvalue weighted by atomic mass is 10.0. The van der Waals surface area contributed by atoms with E-state index < -0.39 is 16.1 Å². The van der Waals surface area contributed by atoms with Crippen LogP contribution in [0.1, 0.15) is 37.3 Å². The summed E-state index contributed by atoms with van der Waals surface area (Å²) in [5, 5.41) is 2.99. The molecule has 156 valence electrons. The van der Waals surface area contributed by atoms with Crippen molar-refractivity contribution in [2.24, 2.45) is 0 Å². The van der Waals surface area contributed by atoms with E-state index >= 15 is 0 Å². The summed E-state index contributed by atoms with van der Waals surface area (Å²) in [7, 11) is -3.45. The Morgan fingerprint density at radius 2 is 1.79 bits per heavy atom. The van der Waals surface area contributed by atoms with Gasteiger partial charge >= 0.3 is 0 Å². The lowest BCUT2D eigenvalue weighted by Gasteiger charge is -2.35. The van der Waals surface area contributed by atoms with E-state index in [4.69, 9.17) is 4.74 Å². The molecule has 1 N–H and O–H groups in total. The standard InChI is InChI=1S/C20H31N3O4S/c1-28(25,26)23-12-5-11-22(18-8-14-27-15-9-18)13-10-21-20(24)16-19(23)17-6-3-2-4-7-17/h2-4,6-7,18-19H,5,8-16H2,1H3,(H,21,24). The lowest BCUT2D eigenvalue weighted by Crippen LogP contribution is -2.44. The molecule has 28 heavy (non-hydrogen) atoms. The summed E-state index contributed by atoms with van der Waals surface area (Å²) in [5.74, 6) is -0.115. The van der Waals surface area contributed by atoms with Crippen LogP contribution in [0.5, 0.6) is 0 Å². The molecule has 2 fully saturated rings. The number of hydrogen-bond acceptors (Lipinski definition) is 5. The zero-order chi connectivity index (χ0) is 20.0. The first-order chi connectivity index (χ1) is 13.4. The van der Waals surface area contributed by atoms with Crippen LogP contribution in [-0.2, 0) is 19.6 Å². The second-order valence-corrected chi connectivity index (χ2v) is 9.52. The average Bonchev–Trinajstić information content (AvgIpc) is 2.72. The monoisotopic (exact) mass is 409 g/mol. The van der Waals surface area contributed by atoms with Gasteiger partial charge in [-0.3, -0.25) is 9.69 Å². The third-order valence-corrected chi connectivity index (χ3v) is 6.88. The normalized spacial score (nSPS) is 25.0. The first-order valence-electron chi connectivity index (χ1n) is 10.1. The zero-order valence-corrected chi connectivity index (χ0v) is 17.4. The molecule has 3 rings (SSSR count). The lowest BCUT2D eigenvalue weighted by molar-refractivity contribution is -0.122. The molecule has 1 aromatic carbocycles. The maximum absolute atomic E-state index is 12.6. The van der Waals surface area contributed by atoms with Gasteiger partial charge in [0.1, 0.15) is 0 Å². The number of ether oxygens (including phenoxy) is 1. The predicted molar refractivity (Wildman–Crippen MR) is 108 cm³/mol. The van der Waals surface area contributed by atoms with Crippen molar-refractivity contribution >= 4 is 15.9 Å². The van der Waals surface area contributed by atoms with Crippen LogP contribution in [0, 0.1) is 0 Å². The molecular formula is C20H31N3O4S. The molecule has 0 aliphatic carbocycles. The number of carbonyl (C=O) groups is 1. The van der Waals surface area contributed by atoms with Gasteiger partial charge in [-0.1, -0.05) is 30.3 Å². The van der Waals surface area contributed by atoms with Crippen molar-refractivity contribution in [1.82, 2.24) is 14.5 Å². The molecule has 1 atom stereocenters. The van der Waals surface area contributed by atoms with Crippen molar-refractivity contribution in [3.63, 3.8) is 0 Å². The number of carbonyl (C=O) groups excluding carboxylic acids is 1. The van der Waals surface area contributed by atoms with Crippen LogP contribution in [0.25, 0.3) is 0 Å². The topological polar surface area (TPSA) is 79.0 Å². The summed E-state index contributed by atoms with van der Waals surface area (Å²) >= 11 is 0. The number of rotatable bonds is 3. The molecule has 0 radical (unpaired) electrons. The van der Waals surface area contributed by atoms with Gasteiger partial charge in [0.2, 0.25) is 15.9 Å². The van der Waals surface area contributed by atoms with Gasteiger partial charge in [0.25, 0.3) is 0 Å². The summed E-state index contributed by atoms with van der Waals surface area (Å²) in [6.45, 7) is 4.11. The smallest absolute Gasteiger partial charge is 0.222 e. The van der Waals surface area contributed by atoms with E-state index in [0.29, 0.717) is 19.1 Å². The number of benzene rings is 1. The molecular weight excluding hydrogens is 378 g/mol. The fourth-order valence-corrected chi connectivity index (χ4v) is 5.28. The Balaban J connectivity index is 1.81. The number of hydrogen-bond donors (Lipinski definition) is 1. The van der Waals surface area contributed by atoms with Gasteiger partial charge in [-0.15, -0.1) is 0 Å². The minimum absolute atomic E-state index is 0.115. The predicted octanol–water partition coefficient (Wildman–Crippen LogP) is 1.38. The third-order valence-electron chi connectivity index (χ3n) is 5.59. The minimum atomic E-state index is -3.45. The second-order valence-electron chi connectivity index (χ2n) is 7.59. The van der Waals surface area contributed by atoms with E-state index in [9.17, 15) is 13.2 Å². The minimum Gasteiger partial charge on any atom is -0.381 e. The quantitative estimate of drug-likeness (QED) is 0.816. The van der Waals surface area contributed by atoms with Gasteiger partial charge in [-0.25, -0.2) is 8.42 Å². The Labute approximate surface area is 168 Å². The fraction of sp³-hybridized carbons (Fsp3) is 0.650. The van der Waals surface area contributed by atoms with Crippen molar-refractivity contribution in [3.8, 4) is 0 Å². The molecule has 1 aromatic rings. The summed E-state index contributed by atoms with van der Waals surface area (Å²) in [5.41, 5.74) is 0.851. The number of nitrogens with zero attached hydrogens (tertiary/aromatic N) is 2. The first kappa shape index (κ1) is 21.2. The molecule has 2 heterocycles. The molecule has 2 saturated heterocycles. The highest BCUT2D eigenvalue weighted by molar-refractivity contribution is 7.88. The molecule has 1 amide bonds. The van der Waals surface area contributed by atoms with E-state index in [0.717, 1.165) is 51.1 Å². The largest absolute Gasteiger partial charge is 0.381 e. The maximum Gasteiger partial charge on any atom is 0.222 e. The number of amides is 1. The number of nitrogens with one attached hydrogen (secondary N) is 1. The Morgan fingerprint density at radius 3 is 2.46 bits per heavy atom. The van der Waals surface area contributed by atoms with Crippen molar-refractivity contribution in [3.05, 3.63) is 35.9 Å². The Hall–Kier alpha value is -1.48. The molecule has 1 unspecified atom stereocenters. The summed E-state index contributed by atoms with van der Waals surface area (Å²) in [4.78, 5) is 15.0. The highest BCUT2D eigenvalue weighted by atomic mass is 32.2. The molecule has 0 bridgehead atoms. The zero-order valence-electron chi connectivity index (χ0n) is 16.5. The van der Waals surface area contributed by atoms with Gasteiger partial charge in [-0.05, 0) is 31.4 Å². The van der Waals surface area contributed by atoms with E-state index in [1.165, 1.54) is 10.6 Å². The van der Waals surface area contributed by atoms with Crippen LogP contribution in [0.2, 0.25) is 0 Å². The number of sulfonamides is 1. The summed E-state index contributed by atoms with van der Waals surface area (Å²) < 4.78 is 32.1. The molecule has 0 spiro atoms. The molecule has 2 aliphatic rings. The average molecular weight is 410 g/mol. The highest BCUT2D eigenvalue weighted by Crippen LogP contribution is 2.27. The Morgan fingerprint density at radius 1 is 1.07 bits per heavy atom. The van der Waals surface area contributed by atoms with Gasteiger partial charge in [0.15, 0.2) is 0 Å².